The molecule has 0 radical (unpaired) electrons. The standard InChI is InChI=1S/C9H10O2.C8H14N2O.C7H8O3S.C7H8OS.C7H8S.C6H7NO.C6H13NO.C5H12.C4H10O.C4H10S.C2H6O.C2H6.CH3Cl.CH3NO2.2CH4/c1-2-9(10)11-8-6-4-3-5-7-8;1-2-8(11)10-7-5-3-4-6-9;1-10-11(8,9)7-5-3-2-4-6-7;1-9(8)7-5-3-2-4-6-7;1-8-7-5-3-2-4-6-7;1-5(8)6-3-2-4-7-6;1-3-5-7-6(8)4-2;1-3-5-4-2;2*1-3-4-5-2;1-3-2;2*1-2;1-2(3)4;;/h3-7H,2H2,1H3;2-5,7H2,1H3,(H,10,11);2-6H,1H3;2-6H,1H3;2-6H,1H3;2-4,7H,1H3;3-5H2,1-2H3,(H,7,8);3-5H2,1-2H3;2*3-4H2,1-2H3;1-2H3;1-2H3;1H3;1H3;2*1H4. The minimum Gasteiger partial charge on any atom is -0.427 e. The van der Waals surface area contributed by atoms with Gasteiger partial charge in [0.05, 0.1) is 23.8 Å². The minimum atomic E-state index is -3.50. The number of Topliss-reactive ketones (excluding diaryl/α,β-unsaturated/α-hetero) is 1. The number of halogens is 1. The van der Waals surface area contributed by atoms with Gasteiger partial charge in [-0.3, -0.25) is 37.7 Å². The van der Waals surface area contributed by atoms with Crippen molar-refractivity contribution in [1.29, 1.82) is 5.26 Å². The fourth-order valence-corrected chi connectivity index (χ4v) is 6.99. The van der Waals surface area contributed by atoms with Gasteiger partial charge in [-0.2, -0.15) is 25.4 Å². The van der Waals surface area contributed by atoms with Gasteiger partial charge < -0.3 is 29.8 Å². The predicted octanol–water partition coefficient (Wildman–Crippen LogP) is 18.5. The highest BCUT2D eigenvalue weighted by molar-refractivity contribution is 7.98. The quantitative estimate of drug-likeness (QED) is 0.00709. The Balaban J connectivity index is -0.0000000895. The van der Waals surface area contributed by atoms with Gasteiger partial charge in [-0.05, 0) is 111 Å². The van der Waals surface area contributed by atoms with Crippen molar-refractivity contribution in [2.24, 2.45) is 0 Å². The lowest BCUT2D eigenvalue weighted by molar-refractivity contribution is -0.445. The maximum absolute atomic E-state index is 11.0. The first-order chi connectivity index (χ1) is 44.0. The normalized spacial score (nSPS) is 8.89. The third kappa shape index (κ3) is 99.7. The largest absolute Gasteiger partial charge is 0.427 e. The van der Waals surface area contributed by atoms with Crippen molar-refractivity contribution < 1.29 is 55.1 Å². The molecule has 94 heavy (non-hydrogen) atoms. The highest BCUT2D eigenvalue weighted by Gasteiger charge is 2.10. The second kappa shape index (κ2) is 95.8. The number of carbonyl (C=O) groups is 4. The number of nitrogens with zero attached hydrogens (tertiary/aromatic N) is 2. The lowest BCUT2D eigenvalue weighted by Gasteiger charge is -2.00. The average molecular weight is 1420 g/mol. The summed E-state index contributed by atoms with van der Waals surface area (Å²) in [6, 6.07) is 42.4. The number of esters is 1. The molecular weight excluding hydrogens is 1290 g/mol. The van der Waals surface area contributed by atoms with Crippen molar-refractivity contribution in [2.75, 3.05) is 86.1 Å². The molecule has 0 saturated carbocycles. The van der Waals surface area contributed by atoms with Gasteiger partial charge in [-0.15, -0.1) is 23.4 Å². The molecule has 1 unspecified atom stereocenters. The van der Waals surface area contributed by atoms with Gasteiger partial charge in [0.2, 0.25) is 11.8 Å². The van der Waals surface area contributed by atoms with E-state index in [1.807, 2.05) is 113 Å². The molecule has 2 amide bonds. The Labute approximate surface area is 588 Å². The number of nitrogens with one attached hydrogen (secondary N) is 3. The van der Waals surface area contributed by atoms with Crippen molar-refractivity contribution in [3.63, 3.8) is 0 Å². The van der Waals surface area contributed by atoms with Gasteiger partial charge >= 0.3 is 5.97 Å². The molecular formula is C71H126ClN5O13S4. The number of methoxy groups -OCH3 is 2. The summed E-state index contributed by atoms with van der Waals surface area (Å²) in [5.41, 5.74) is 0.671. The van der Waals surface area contributed by atoms with Crippen molar-refractivity contribution >= 4 is 79.6 Å². The maximum Gasteiger partial charge on any atom is 0.310 e. The number of hydrogen-bond acceptors (Lipinski definition) is 16. The van der Waals surface area contributed by atoms with Crippen LogP contribution < -0.4 is 15.4 Å². The minimum absolute atomic E-state index is 0. The Morgan fingerprint density at radius 2 is 1.10 bits per heavy atom. The third-order valence-electron chi connectivity index (χ3n) is 9.32. The number of amides is 2. The number of aromatic amines is 1. The monoisotopic (exact) mass is 1420 g/mol. The zero-order valence-electron chi connectivity index (χ0n) is 59.3. The van der Waals surface area contributed by atoms with E-state index in [0.717, 1.165) is 57.9 Å². The number of benzene rings is 4. The number of unbranched alkanes of at least 4 members (excludes halogenated alkanes) is 4. The zero-order valence-corrected chi connectivity index (χ0v) is 63.3. The van der Waals surface area contributed by atoms with Crippen LogP contribution in [0.15, 0.2) is 154 Å². The van der Waals surface area contributed by atoms with E-state index in [1.165, 1.54) is 61.8 Å². The number of nitriles is 1. The van der Waals surface area contributed by atoms with Gasteiger partial charge in [-0.25, -0.2) is 0 Å². The highest BCUT2D eigenvalue weighted by atomic mass is 35.5. The van der Waals surface area contributed by atoms with Crippen LogP contribution in [0.1, 0.15) is 179 Å². The fourth-order valence-electron chi connectivity index (χ4n) is 4.93. The number of carbonyl (C=O) groups excluding carboxylic acids is 4. The molecule has 1 heterocycles. The molecule has 1 atom stereocenters. The highest BCUT2D eigenvalue weighted by Crippen LogP contribution is 2.12. The molecule has 0 aliphatic heterocycles. The van der Waals surface area contributed by atoms with Crippen LogP contribution in [0.2, 0.25) is 0 Å². The van der Waals surface area contributed by atoms with Crippen molar-refractivity contribution in [1.82, 2.24) is 15.6 Å². The van der Waals surface area contributed by atoms with Crippen molar-refractivity contribution in [2.45, 2.75) is 183 Å². The topological polar surface area (TPSA) is 263 Å². The van der Waals surface area contributed by atoms with Crippen LogP contribution in [-0.4, -0.2) is 132 Å². The number of rotatable bonds is 21. The molecule has 1 aromatic heterocycles. The number of para-hydroxylation sites is 1. The number of alkyl halides is 1. The van der Waals surface area contributed by atoms with Crippen LogP contribution in [0, 0.1) is 21.4 Å². The number of aromatic nitrogens is 1. The van der Waals surface area contributed by atoms with Crippen LogP contribution in [0.5, 0.6) is 5.75 Å². The Kier molecular flexibility index (Phi) is 115. The van der Waals surface area contributed by atoms with E-state index in [4.69, 9.17) is 24.8 Å². The van der Waals surface area contributed by atoms with E-state index < -0.39 is 25.8 Å². The molecule has 5 rings (SSSR count). The molecule has 0 saturated heterocycles. The number of hydrogen-bond donors (Lipinski definition) is 3. The number of ether oxygens (including phenoxy) is 3. The maximum atomic E-state index is 11.0. The van der Waals surface area contributed by atoms with Gasteiger partial charge in [-0.1, -0.05) is 176 Å². The van der Waals surface area contributed by atoms with E-state index >= 15 is 0 Å². The second-order valence-corrected chi connectivity index (χ2v) is 22.2. The third-order valence-corrected chi connectivity index (χ3v) is 13.1. The number of H-pyrrole nitrogens is 1. The lowest BCUT2D eigenvalue weighted by Crippen LogP contribution is -2.22. The smallest absolute Gasteiger partial charge is 0.310 e. The van der Waals surface area contributed by atoms with Gasteiger partial charge in [0, 0.05) is 118 Å². The van der Waals surface area contributed by atoms with Gasteiger partial charge in [0.15, 0.2) is 12.8 Å². The molecule has 4 aromatic carbocycles. The molecule has 0 aliphatic rings. The SMILES string of the molecule is C.C.CC.CC(=O)c1ccc[nH]1.CCC(=O)NCCCCC#N.CCC(=O)Oc1ccccc1.CCCCC.CCCNC(=O)CC.CCCOC.CCCSC.CCl.COC.COS(=O)(=O)c1ccccc1.CS(=O)c1ccccc1.CSc1ccccc1.C[N+](=O)[O-]. The fraction of sp³-hybridized carbons (Fsp3) is 0.535. The van der Waals surface area contributed by atoms with Crippen molar-refractivity contribution in [3.05, 3.63) is 155 Å². The molecule has 544 valence electrons. The lowest BCUT2D eigenvalue weighted by atomic mass is 10.2. The molecule has 18 nitrogen and oxygen atoms in total. The molecule has 0 fully saturated rings. The number of thioether (sulfide) groups is 2. The first-order valence-electron chi connectivity index (χ1n) is 30.5. The summed E-state index contributed by atoms with van der Waals surface area (Å²) >= 11 is 8.31. The zero-order chi connectivity index (χ0) is 72.5. The molecule has 3 N–H and O–H groups in total. The first kappa shape index (κ1) is 112. The van der Waals surface area contributed by atoms with Crippen LogP contribution >= 0.6 is 35.1 Å². The van der Waals surface area contributed by atoms with E-state index in [0.29, 0.717) is 43.7 Å². The average Bonchev–Trinajstić information content (AvgIpc) is 1.40. The van der Waals surface area contributed by atoms with Crippen LogP contribution in [0.25, 0.3) is 0 Å². The Morgan fingerprint density at radius 3 is 1.35 bits per heavy atom. The summed E-state index contributed by atoms with van der Waals surface area (Å²) in [5, 5.41) is 22.5. The molecule has 0 bridgehead atoms. The van der Waals surface area contributed by atoms with E-state index in [-0.39, 0.29) is 43.3 Å². The second-order valence-electron chi connectivity index (χ2n) is 17.2. The Bertz CT molecular complexity index is 2440. The summed E-state index contributed by atoms with van der Waals surface area (Å²) in [6.45, 7) is 24.1. The van der Waals surface area contributed by atoms with Gasteiger partial charge in [0.1, 0.15) is 5.75 Å². The van der Waals surface area contributed by atoms with Crippen LogP contribution in [0.3, 0.4) is 0 Å². The Hall–Kier alpha value is -5.90. The number of ketones is 1. The summed E-state index contributed by atoms with van der Waals surface area (Å²) in [7, 11) is 2.66. The molecule has 0 aliphatic carbocycles. The predicted molar refractivity (Wildman–Crippen MR) is 406 cm³/mol. The molecule has 5 aromatic rings. The van der Waals surface area contributed by atoms with E-state index in [2.05, 4.69) is 94.5 Å². The summed E-state index contributed by atoms with van der Waals surface area (Å²) < 4.78 is 50.9. The molecule has 23 heteroatoms. The van der Waals surface area contributed by atoms with Gasteiger partial charge in [0.25, 0.3) is 10.1 Å². The summed E-state index contributed by atoms with van der Waals surface area (Å²) in [6.07, 6.45) is 20.5. The van der Waals surface area contributed by atoms with Crippen LogP contribution in [-0.2, 0) is 49.0 Å². The summed E-state index contributed by atoms with van der Waals surface area (Å²) in [4.78, 5) is 55.9. The molecule has 0 spiro atoms. The van der Waals surface area contributed by atoms with E-state index in [9.17, 15) is 31.8 Å². The van der Waals surface area contributed by atoms with Crippen LogP contribution in [0.4, 0.5) is 0 Å². The Morgan fingerprint density at radius 1 is 0.660 bits per heavy atom. The number of nitro groups is 1. The van der Waals surface area contributed by atoms with Crippen molar-refractivity contribution in [3.8, 4) is 11.8 Å². The summed E-state index contributed by atoms with van der Waals surface area (Å²) in [5.74, 6) is 2.03. The first-order valence-corrected chi connectivity index (χ1v) is 36.9. The van der Waals surface area contributed by atoms with E-state index in [1.54, 1.807) is 94.9 Å².